The summed E-state index contributed by atoms with van der Waals surface area (Å²) in [5.41, 5.74) is 1.30. The van der Waals surface area contributed by atoms with Gasteiger partial charge >= 0.3 is 6.01 Å². The average molecular weight is 423 g/mol. The zero-order chi connectivity index (χ0) is 21.6. The van der Waals surface area contributed by atoms with Crippen molar-refractivity contribution in [2.75, 3.05) is 32.0 Å². The summed E-state index contributed by atoms with van der Waals surface area (Å²) in [5, 5.41) is 14.5. The van der Waals surface area contributed by atoms with Gasteiger partial charge in [-0.1, -0.05) is 5.10 Å². The van der Waals surface area contributed by atoms with Crippen molar-refractivity contribution in [3.8, 4) is 28.7 Å². The molecule has 4 aromatic rings. The first kappa shape index (κ1) is 20.1. The average Bonchev–Trinajstić information content (AvgIpc) is 3.49. The predicted octanol–water partition coefficient (Wildman–Crippen LogP) is 4.11. The third kappa shape index (κ3) is 4.37. The molecule has 0 saturated heterocycles. The van der Waals surface area contributed by atoms with Crippen LogP contribution in [0.4, 0.5) is 17.5 Å². The van der Waals surface area contributed by atoms with Gasteiger partial charge in [0.1, 0.15) is 11.6 Å². The van der Waals surface area contributed by atoms with E-state index in [9.17, 15) is 0 Å². The molecule has 0 amide bonds. The van der Waals surface area contributed by atoms with Crippen molar-refractivity contribution >= 4 is 17.5 Å². The van der Waals surface area contributed by atoms with E-state index in [-0.39, 0.29) is 6.01 Å². The van der Waals surface area contributed by atoms with E-state index in [1.165, 1.54) is 0 Å². The highest BCUT2D eigenvalue weighted by Crippen LogP contribution is 2.40. The van der Waals surface area contributed by atoms with Crippen LogP contribution >= 0.6 is 0 Å². The van der Waals surface area contributed by atoms with Gasteiger partial charge < -0.3 is 33.7 Å². The quantitative estimate of drug-likeness (QED) is 0.407. The molecule has 0 fully saturated rings. The van der Waals surface area contributed by atoms with Gasteiger partial charge in [-0.2, -0.15) is 0 Å². The topological polar surface area (TPSA) is 117 Å². The van der Waals surface area contributed by atoms with Gasteiger partial charge in [0.2, 0.25) is 5.75 Å². The zero-order valence-corrected chi connectivity index (χ0v) is 17.2. The molecule has 0 aliphatic heterocycles. The molecule has 0 aliphatic rings. The SMILES string of the molecule is COc1cc(Nc2nnc(-c3cccnc3NCc3ccco3)o2)cc(OC)c1OC. The Morgan fingerprint density at radius 1 is 0.968 bits per heavy atom. The van der Waals surface area contributed by atoms with Crippen LogP contribution in [0.2, 0.25) is 0 Å². The number of hydrogen-bond donors (Lipinski definition) is 2. The summed E-state index contributed by atoms with van der Waals surface area (Å²) in [6, 6.07) is 11.0. The smallest absolute Gasteiger partial charge is 0.320 e. The molecule has 1 aromatic carbocycles. The van der Waals surface area contributed by atoms with Crippen LogP contribution in [0.3, 0.4) is 0 Å². The molecule has 4 rings (SSSR count). The lowest BCUT2D eigenvalue weighted by molar-refractivity contribution is 0.324. The van der Waals surface area contributed by atoms with E-state index in [2.05, 4.69) is 25.8 Å². The summed E-state index contributed by atoms with van der Waals surface area (Å²) in [5.74, 6) is 3.18. The molecule has 2 N–H and O–H groups in total. The highest BCUT2D eigenvalue weighted by molar-refractivity contribution is 5.70. The number of pyridine rings is 1. The minimum absolute atomic E-state index is 0.199. The highest BCUT2D eigenvalue weighted by Gasteiger charge is 2.17. The van der Waals surface area contributed by atoms with Gasteiger partial charge in [0, 0.05) is 18.3 Å². The van der Waals surface area contributed by atoms with E-state index < -0.39 is 0 Å². The van der Waals surface area contributed by atoms with Crippen LogP contribution < -0.4 is 24.8 Å². The number of anilines is 3. The Bertz CT molecular complexity index is 1120. The molecule has 0 saturated carbocycles. The minimum atomic E-state index is 0.199. The molecule has 0 bridgehead atoms. The number of methoxy groups -OCH3 is 3. The zero-order valence-electron chi connectivity index (χ0n) is 17.2. The molecule has 0 aliphatic carbocycles. The fourth-order valence-electron chi connectivity index (χ4n) is 2.96. The molecule has 3 aromatic heterocycles. The summed E-state index contributed by atoms with van der Waals surface area (Å²) < 4.78 is 27.2. The van der Waals surface area contributed by atoms with Gasteiger partial charge in [-0.15, -0.1) is 5.10 Å². The highest BCUT2D eigenvalue weighted by atomic mass is 16.5. The lowest BCUT2D eigenvalue weighted by atomic mass is 10.2. The Morgan fingerprint density at radius 2 is 1.77 bits per heavy atom. The summed E-state index contributed by atoms with van der Waals surface area (Å²) in [6.45, 7) is 0.474. The molecule has 10 heteroatoms. The van der Waals surface area contributed by atoms with E-state index >= 15 is 0 Å². The molecule has 3 heterocycles. The van der Waals surface area contributed by atoms with Crippen LogP contribution in [-0.2, 0) is 6.54 Å². The van der Waals surface area contributed by atoms with Crippen LogP contribution in [-0.4, -0.2) is 36.5 Å². The van der Waals surface area contributed by atoms with E-state index in [0.29, 0.717) is 46.8 Å². The molecule has 0 unspecified atom stereocenters. The molecule has 31 heavy (non-hydrogen) atoms. The van der Waals surface area contributed by atoms with Gasteiger partial charge in [0.15, 0.2) is 11.5 Å². The first-order chi connectivity index (χ1) is 15.2. The molecular formula is C21H21N5O5. The van der Waals surface area contributed by atoms with Gasteiger partial charge in [-0.05, 0) is 24.3 Å². The number of nitrogens with zero attached hydrogens (tertiary/aromatic N) is 3. The number of hydrogen-bond acceptors (Lipinski definition) is 10. The Balaban J connectivity index is 1.56. The first-order valence-electron chi connectivity index (χ1n) is 9.34. The lowest BCUT2D eigenvalue weighted by Gasteiger charge is -2.13. The summed E-state index contributed by atoms with van der Waals surface area (Å²) in [6.07, 6.45) is 3.30. The number of aromatic nitrogens is 3. The third-order valence-electron chi connectivity index (χ3n) is 4.39. The maximum Gasteiger partial charge on any atom is 0.320 e. The van der Waals surface area contributed by atoms with Crippen molar-refractivity contribution in [3.63, 3.8) is 0 Å². The lowest BCUT2D eigenvalue weighted by Crippen LogP contribution is -2.02. The van der Waals surface area contributed by atoms with Crippen molar-refractivity contribution in [2.24, 2.45) is 0 Å². The van der Waals surface area contributed by atoms with Crippen molar-refractivity contribution in [1.82, 2.24) is 15.2 Å². The van der Waals surface area contributed by atoms with E-state index in [0.717, 1.165) is 5.76 Å². The second-order valence-corrected chi connectivity index (χ2v) is 6.28. The number of ether oxygens (including phenoxy) is 3. The minimum Gasteiger partial charge on any atom is -0.493 e. The fourth-order valence-corrected chi connectivity index (χ4v) is 2.96. The van der Waals surface area contributed by atoms with Crippen LogP contribution in [0.25, 0.3) is 11.5 Å². The van der Waals surface area contributed by atoms with Crippen LogP contribution in [0.15, 0.2) is 57.7 Å². The molecule has 10 nitrogen and oxygen atoms in total. The van der Waals surface area contributed by atoms with Crippen molar-refractivity contribution < 1.29 is 23.0 Å². The van der Waals surface area contributed by atoms with Crippen LogP contribution in [0.5, 0.6) is 17.2 Å². The van der Waals surface area contributed by atoms with Gasteiger partial charge in [0.25, 0.3) is 5.89 Å². The Kier molecular flexibility index (Phi) is 5.88. The third-order valence-corrected chi connectivity index (χ3v) is 4.39. The van der Waals surface area contributed by atoms with Gasteiger partial charge in [-0.25, -0.2) is 4.98 Å². The molecule has 0 atom stereocenters. The normalized spacial score (nSPS) is 10.5. The van der Waals surface area contributed by atoms with Crippen LogP contribution in [0.1, 0.15) is 5.76 Å². The Hall–Kier alpha value is -4.21. The number of nitrogens with one attached hydrogen (secondary N) is 2. The van der Waals surface area contributed by atoms with E-state index in [4.69, 9.17) is 23.0 Å². The first-order valence-corrected chi connectivity index (χ1v) is 9.34. The predicted molar refractivity (Wildman–Crippen MR) is 113 cm³/mol. The second-order valence-electron chi connectivity index (χ2n) is 6.28. The second kappa shape index (κ2) is 9.08. The van der Waals surface area contributed by atoms with Crippen molar-refractivity contribution in [1.29, 1.82) is 0 Å². The van der Waals surface area contributed by atoms with Crippen molar-refractivity contribution in [3.05, 3.63) is 54.6 Å². The van der Waals surface area contributed by atoms with E-state index in [1.807, 2.05) is 18.2 Å². The fraction of sp³-hybridized carbons (Fsp3) is 0.190. The summed E-state index contributed by atoms with van der Waals surface area (Å²) in [7, 11) is 4.64. The maximum absolute atomic E-state index is 5.81. The Morgan fingerprint density at radius 3 is 2.45 bits per heavy atom. The van der Waals surface area contributed by atoms with E-state index in [1.54, 1.807) is 52.0 Å². The molecule has 160 valence electrons. The number of rotatable bonds is 9. The monoisotopic (exact) mass is 423 g/mol. The number of furan rings is 1. The standard InChI is InChI=1S/C21H21N5O5/c1-27-16-10-13(11-17(28-2)18(16)29-3)24-21-26-25-20(31-21)15-7-4-8-22-19(15)23-12-14-6-5-9-30-14/h4-11H,12H2,1-3H3,(H,22,23)(H,24,26). The van der Waals surface area contributed by atoms with Crippen LogP contribution in [0, 0.1) is 0 Å². The molecule has 0 radical (unpaired) electrons. The number of benzene rings is 1. The Labute approximate surface area is 178 Å². The summed E-state index contributed by atoms with van der Waals surface area (Å²) >= 11 is 0. The van der Waals surface area contributed by atoms with Gasteiger partial charge in [-0.3, -0.25) is 0 Å². The largest absolute Gasteiger partial charge is 0.493 e. The van der Waals surface area contributed by atoms with Crippen molar-refractivity contribution in [2.45, 2.75) is 6.54 Å². The molecular weight excluding hydrogens is 402 g/mol. The van der Waals surface area contributed by atoms with Gasteiger partial charge in [0.05, 0.1) is 45.4 Å². The maximum atomic E-state index is 5.81. The summed E-state index contributed by atoms with van der Waals surface area (Å²) in [4.78, 5) is 4.36. The molecule has 0 spiro atoms.